The smallest absolute Gasteiger partial charge is 0.508 e. The van der Waals surface area contributed by atoms with Crippen LogP contribution in [0.2, 0.25) is 0 Å². The third-order valence-corrected chi connectivity index (χ3v) is 6.06. The summed E-state index contributed by atoms with van der Waals surface area (Å²) in [5.41, 5.74) is 4.34. The zero-order valence-corrected chi connectivity index (χ0v) is 16.1. The van der Waals surface area contributed by atoms with E-state index in [0.717, 1.165) is 0 Å². The minimum Gasteiger partial charge on any atom is -0.508 e. The summed E-state index contributed by atoms with van der Waals surface area (Å²) in [6, 6.07) is -1.33. The lowest BCUT2D eigenvalue weighted by molar-refractivity contribution is -0.344. The summed E-state index contributed by atoms with van der Waals surface area (Å²) < 4.78 is 59.0. The van der Waals surface area contributed by atoms with Crippen molar-refractivity contribution in [2.45, 2.75) is 50.5 Å². The summed E-state index contributed by atoms with van der Waals surface area (Å²) in [6.07, 6.45) is -6.82. The lowest BCUT2D eigenvalue weighted by Crippen LogP contribution is -2.61. The average Bonchev–Trinajstić information content (AvgIpc) is 3.39. The van der Waals surface area contributed by atoms with Crippen molar-refractivity contribution in [3.05, 3.63) is 31.4 Å². The number of likely N-dealkylation sites (tertiary alicyclic amines) is 1. The highest BCUT2D eigenvalue weighted by atomic mass is 19.4. The second-order valence-electron chi connectivity index (χ2n) is 8.05. The molecule has 2 fully saturated rings. The van der Waals surface area contributed by atoms with E-state index >= 15 is 4.39 Å². The van der Waals surface area contributed by atoms with E-state index in [-0.39, 0.29) is 36.2 Å². The Labute approximate surface area is 167 Å². The normalized spacial score (nSPS) is 30.1. The summed E-state index contributed by atoms with van der Waals surface area (Å²) in [5, 5.41) is 10.3. The molecule has 0 aromatic carbocycles. The first-order valence-corrected chi connectivity index (χ1v) is 9.65. The van der Waals surface area contributed by atoms with Crippen molar-refractivity contribution in [2.75, 3.05) is 19.6 Å². The zero-order chi connectivity index (χ0) is 22.0. The third kappa shape index (κ3) is 3.46. The van der Waals surface area contributed by atoms with Crippen molar-refractivity contribution in [3.8, 4) is 0 Å². The summed E-state index contributed by atoms with van der Waals surface area (Å²) in [4.78, 5) is 28.2. The highest BCUT2D eigenvalue weighted by Gasteiger charge is 2.47. The van der Waals surface area contributed by atoms with Crippen LogP contribution in [-0.4, -0.2) is 63.9 Å². The van der Waals surface area contributed by atoms with Crippen LogP contribution in [0.3, 0.4) is 0 Å². The van der Waals surface area contributed by atoms with Gasteiger partial charge in [0.1, 0.15) is 11.0 Å². The Bertz CT molecular complexity index is 1090. The predicted octanol–water partition coefficient (Wildman–Crippen LogP) is -0.776. The first-order valence-electron chi connectivity index (χ1n) is 9.65. The molecule has 1 saturated heterocycles. The fourth-order valence-corrected chi connectivity index (χ4v) is 4.59. The van der Waals surface area contributed by atoms with E-state index in [4.69, 9.17) is 5.73 Å². The minimum absolute atomic E-state index is 0.0130. The fraction of sp³-hybridized carbons (Fsp3) is 0.667. The molecule has 8 nitrogen and oxygen atoms in total. The molecule has 1 aromatic rings. The molecule has 3 aliphatic rings. The van der Waals surface area contributed by atoms with Crippen LogP contribution in [-0.2, 0) is 4.74 Å². The van der Waals surface area contributed by atoms with Crippen molar-refractivity contribution < 1.29 is 27.4 Å². The number of aliphatic hydroxyl groups excluding tert-OH is 1. The Hall–Kier alpha value is -2.18. The van der Waals surface area contributed by atoms with Gasteiger partial charge in [0.25, 0.3) is 5.56 Å². The molecule has 30 heavy (non-hydrogen) atoms. The summed E-state index contributed by atoms with van der Waals surface area (Å²) >= 11 is 0. The van der Waals surface area contributed by atoms with Crippen LogP contribution in [0.25, 0.3) is 11.3 Å². The Morgan fingerprint density at radius 1 is 1.27 bits per heavy atom. The van der Waals surface area contributed by atoms with Crippen LogP contribution >= 0.6 is 0 Å². The van der Waals surface area contributed by atoms with Crippen molar-refractivity contribution in [3.63, 3.8) is 0 Å². The first-order chi connectivity index (χ1) is 14.0. The predicted molar refractivity (Wildman–Crippen MR) is 97.7 cm³/mol. The van der Waals surface area contributed by atoms with Gasteiger partial charge in [0.05, 0.1) is 17.5 Å². The Balaban J connectivity index is 1.83. The summed E-state index contributed by atoms with van der Waals surface area (Å²) in [7, 11) is 0. The molecular formula is C18H22F4N4O4. The van der Waals surface area contributed by atoms with Gasteiger partial charge in [-0.1, -0.05) is 0 Å². The number of aromatic nitrogens is 2. The van der Waals surface area contributed by atoms with Gasteiger partial charge in [-0.25, -0.2) is 9.18 Å². The van der Waals surface area contributed by atoms with Crippen molar-refractivity contribution in [2.24, 2.45) is 11.7 Å². The number of ether oxygens (including phenoxy) is 1. The molecule has 4 N–H and O–H groups in total. The summed E-state index contributed by atoms with van der Waals surface area (Å²) in [6.45, 7) is 1.18. The molecule has 4 rings (SSSR count). The number of hydrogen-bond donors (Lipinski definition) is 3. The molecule has 1 aliphatic heterocycles. The lowest BCUT2D eigenvalue weighted by atomic mass is 9.94. The molecule has 166 valence electrons. The van der Waals surface area contributed by atoms with Crippen LogP contribution in [0.4, 0.5) is 17.6 Å². The number of rotatable bonds is 4. The maximum absolute atomic E-state index is 15.3. The van der Waals surface area contributed by atoms with Crippen LogP contribution in [0, 0.1) is 5.92 Å². The van der Waals surface area contributed by atoms with E-state index < -0.39 is 47.6 Å². The molecule has 0 bridgehead atoms. The van der Waals surface area contributed by atoms with E-state index in [0.29, 0.717) is 18.4 Å². The maximum atomic E-state index is 15.3. The summed E-state index contributed by atoms with van der Waals surface area (Å²) in [5.74, 6) is -1.53. The molecule has 12 heteroatoms. The number of hydrogen-bond acceptors (Lipinski definition) is 6. The van der Waals surface area contributed by atoms with Gasteiger partial charge in [-0.3, -0.25) is 24.0 Å². The standard InChI is InChI=1S/C18H22F4N4O4/c1-7-13-11(16(28)24-17(29)26(13)9-2-3-9)15(27)12(19)14(7)25-5-8(4-23)10(6-25)30-18(20,21)22/h8-10,12,14,27H,2-6,23H2,1H3,(H,24,28,29). The SMILES string of the molecule is CC1=c2c(c(=O)[nH]c(=O)n2C2CC2)=C(O)C(F)C1N1CC(CN)C(OC(F)(F)F)C1. The number of nitrogens with zero attached hydrogens (tertiary/aromatic N) is 2. The molecule has 4 unspecified atom stereocenters. The highest BCUT2D eigenvalue weighted by molar-refractivity contribution is 5.60. The van der Waals surface area contributed by atoms with Crippen LogP contribution in [0.15, 0.2) is 9.59 Å². The monoisotopic (exact) mass is 434 g/mol. The van der Waals surface area contributed by atoms with E-state index in [1.165, 1.54) is 16.4 Å². The van der Waals surface area contributed by atoms with E-state index in [1.807, 2.05) is 0 Å². The zero-order valence-electron chi connectivity index (χ0n) is 16.1. The van der Waals surface area contributed by atoms with Gasteiger partial charge in [-0.05, 0) is 31.9 Å². The van der Waals surface area contributed by atoms with E-state index in [1.54, 1.807) is 0 Å². The third-order valence-electron chi connectivity index (χ3n) is 6.06. The molecule has 0 spiro atoms. The van der Waals surface area contributed by atoms with Gasteiger partial charge in [0, 0.05) is 25.0 Å². The van der Waals surface area contributed by atoms with Crippen LogP contribution in [0.5, 0.6) is 0 Å². The van der Waals surface area contributed by atoms with Gasteiger partial charge in [-0.15, -0.1) is 13.2 Å². The van der Waals surface area contributed by atoms with Crippen molar-refractivity contribution in [1.82, 2.24) is 14.5 Å². The molecule has 1 saturated carbocycles. The second kappa shape index (κ2) is 7.20. The molecule has 2 aliphatic carbocycles. The number of fused-ring (bicyclic) bond motifs is 1. The molecular weight excluding hydrogens is 412 g/mol. The molecule has 4 atom stereocenters. The number of H-pyrrole nitrogens is 1. The van der Waals surface area contributed by atoms with Gasteiger partial charge >= 0.3 is 12.1 Å². The number of nitrogens with one attached hydrogen (secondary N) is 1. The lowest BCUT2D eigenvalue weighted by Gasteiger charge is -2.33. The Kier molecular flexibility index (Phi) is 5.06. The molecule has 1 aromatic heterocycles. The number of alkyl halides is 4. The fourth-order valence-electron chi connectivity index (χ4n) is 4.59. The van der Waals surface area contributed by atoms with Crippen LogP contribution in [0.1, 0.15) is 25.8 Å². The number of aliphatic hydroxyl groups is 1. The van der Waals surface area contributed by atoms with Gasteiger partial charge in [-0.2, -0.15) is 0 Å². The maximum Gasteiger partial charge on any atom is 0.522 e. The molecule has 0 radical (unpaired) electrons. The average molecular weight is 434 g/mol. The van der Waals surface area contributed by atoms with E-state index in [2.05, 4.69) is 9.72 Å². The van der Waals surface area contributed by atoms with Crippen molar-refractivity contribution >= 4 is 11.3 Å². The largest absolute Gasteiger partial charge is 0.522 e. The minimum atomic E-state index is -4.87. The van der Waals surface area contributed by atoms with Gasteiger partial charge in [0.2, 0.25) is 0 Å². The first kappa shape index (κ1) is 21.1. The van der Waals surface area contributed by atoms with Crippen LogP contribution < -0.4 is 27.6 Å². The second-order valence-corrected chi connectivity index (χ2v) is 8.05. The Morgan fingerprint density at radius 3 is 2.50 bits per heavy atom. The highest BCUT2D eigenvalue weighted by Crippen LogP contribution is 2.34. The molecule has 2 heterocycles. The van der Waals surface area contributed by atoms with E-state index in [9.17, 15) is 27.9 Å². The van der Waals surface area contributed by atoms with Gasteiger partial charge < -0.3 is 10.8 Å². The molecule has 0 amide bonds. The topological polar surface area (TPSA) is 114 Å². The van der Waals surface area contributed by atoms with Gasteiger partial charge in [0.15, 0.2) is 6.17 Å². The van der Waals surface area contributed by atoms with Crippen molar-refractivity contribution in [1.29, 1.82) is 0 Å². The number of nitrogens with two attached hydrogens (primary N) is 1. The quantitative estimate of drug-likeness (QED) is 0.536. The number of halogens is 4. The number of aromatic amines is 1. The Morgan fingerprint density at radius 2 is 1.93 bits per heavy atom.